The molecule has 1 saturated carbocycles. The van der Waals surface area contributed by atoms with Crippen LogP contribution in [0.2, 0.25) is 0 Å². The molecule has 0 bridgehead atoms. The molecule has 112 valence electrons. The molecule has 0 heterocycles. The second-order valence-corrected chi connectivity index (χ2v) is 7.53. The largest absolute Gasteiger partial charge is 0.357 e. The minimum absolute atomic E-state index is 0.389. The summed E-state index contributed by atoms with van der Waals surface area (Å²) in [5.74, 6) is 1.52. The molecule has 0 aromatic heterocycles. The fourth-order valence-corrected chi connectivity index (χ4v) is 2.78. The van der Waals surface area contributed by atoms with Gasteiger partial charge in [0.25, 0.3) is 0 Å². The Morgan fingerprint density at radius 2 is 1.95 bits per heavy atom. The van der Waals surface area contributed by atoms with Crippen LogP contribution < -0.4 is 15.4 Å². The molecule has 0 aromatic carbocycles. The summed E-state index contributed by atoms with van der Waals surface area (Å²) in [7, 11) is -3.22. The lowest BCUT2D eigenvalue weighted by molar-refractivity contribution is 0.464. The number of aliphatic imine (C=N–C) groups is 1. The number of nitrogens with zero attached hydrogens (tertiary/aromatic N) is 1. The molecule has 0 spiro atoms. The Kier molecular flexibility index (Phi) is 5.61. The summed E-state index contributed by atoms with van der Waals surface area (Å²) in [6, 6.07) is 0. The van der Waals surface area contributed by atoms with Gasteiger partial charge in [-0.05, 0) is 39.5 Å². The number of guanidine groups is 1. The van der Waals surface area contributed by atoms with E-state index in [-0.39, 0.29) is 0 Å². The molecular formula is C12H26N4O2S. The lowest BCUT2D eigenvalue weighted by Gasteiger charge is -2.23. The van der Waals surface area contributed by atoms with Gasteiger partial charge in [-0.3, -0.25) is 4.99 Å². The van der Waals surface area contributed by atoms with Crippen molar-refractivity contribution < 1.29 is 8.42 Å². The first-order chi connectivity index (χ1) is 8.72. The quantitative estimate of drug-likeness (QED) is 0.464. The Morgan fingerprint density at radius 1 is 1.32 bits per heavy atom. The van der Waals surface area contributed by atoms with Crippen molar-refractivity contribution in [2.75, 3.05) is 25.9 Å². The molecule has 0 unspecified atom stereocenters. The Morgan fingerprint density at radius 3 is 2.42 bits per heavy atom. The maximum atomic E-state index is 11.2. The van der Waals surface area contributed by atoms with Gasteiger partial charge in [0, 0.05) is 18.6 Å². The molecule has 1 rings (SSSR count). The highest BCUT2D eigenvalue weighted by Gasteiger charge is 2.23. The number of sulfonamides is 1. The van der Waals surface area contributed by atoms with E-state index in [1.54, 1.807) is 0 Å². The molecule has 0 aromatic rings. The highest BCUT2D eigenvalue weighted by molar-refractivity contribution is 7.88. The van der Waals surface area contributed by atoms with E-state index in [9.17, 15) is 8.42 Å². The normalized spacial score (nSPS) is 17.4. The zero-order valence-corrected chi connectivity index (χ0v) is 13.1. The Hall–Kier alpha value is -0.820. The molecule has 3 N–H and O–H groups in total. The molecule has 7 heteroatoms. The first-order valence-electron chi connectivity index (χ1n) is 6.73. The molecule has 0 aliphatic heterocycles. The first-order valence-corrected chi connectivity index (χ1v) is 8.62. The summed E-state index contributed by atoms with van der Waals surface area (Å²) in [5.41, 5.74) is -0.588. The van der Waals surface area contributed by atoms with Crippen LogP contribution in [-0.2, 0) is 10.0 Å². The van der Waals surface area contributed by atoms with Gasteiger partial charge in [0.15, 0.2) is 5.96 Å². The molecule has 1 aliphatic rings. The van der Waals surface area contributed by atoms with E-state index in [1.165, 1.54) is 12.8 Å². The van der Waals surface area contributed by atoms with Gasteiger partial charge < -0.3 is 10.6 Å². The summed E-state index contributed by atoms with van der Waals surface area (Å²) < 4.78 is 25.1. The molecule has 6 nitrogen and oxygen atoms in total. The highest BCUT2D eigenvalue weighted by Crippen LogP contribution is 2.27. The number of nitrogens with one attached hydrogen (secondary N) is 3. The van der Waals surface area contributed by atoms with E-state index >= 15 is 0 Å². The third-order valence-electron chi connectivity index (χ3n) is 2.69. The van der Waals surface area contributed by atoms with Gasteiger partial charge in [-0.15, -0.1) is 0 Å². The van der Waals surface area contributed by atoms with E-state index in [0.29, 0.717) is 6.54 Å². The highest BCUT2D eigenvalue weighted by atomic mass is 32.2. The van der Waals surface area contributed by atoms with E-state index in [4.69, 9.17) is 0 Å². The predicted molar refractivity (Wildman–Crippen MR) is 78.8 cm³/mol. The Balaban J connectivity index is 2.51. The van der Waals surface area contributed by atoms with Crippen molar-refractivity contribution in [3.63, 3.8) is 0 Å². The summed E-state index contributed by atoms with van der Waals surface area (Å²) in [6.07, 6.45) is 3.73. The van der Waals surface area contributed by atoms with Crippen LogP contribution in [0.1, 0.15) is 33.6 Å². The molecular weight excluding hydrogens is 264 g/mol. The lowest BCUT2D eigenvalue weighted by atomic mass is 10.1. The van der Waals surface area contributed by atoms with Gasteiger partial charge >= 0.3 is 0 Å². The van der Waals surface area contributed by atoms with Gasteiger partial charge in [-0.25, -0.2) is 13.1 Å². The van der Waals surface area contributed by atoms with E-state index in [1.807, 2.05) is 20.8 Å². The number of hydrogen-bond acceptors (Lipinski definition) is 3. The smallest absolute Gasteiger partial charge is 0.209 e. The summed E-state index contributed by atoms with van der Waals surface area (Å²) in [6.45, 7) is 7.76. The van der Waals surface area contributed by atoms with Crippen LogP contribution in [0.4, 0.5) is 0 Å². The monoisotopic (exact) mass is 290 g/mol. The SMILES string of the molecule is CCNC(=NCC(C)(C)NS(C)(=O)=O)NCC1CC1. The first kappa shape index (κ1) is 16.2. The predicted octanol–water partition coefficient (Wildman–Crippen LogP) is 0.279. The van der Waals surface area contributed by atoms with Crippen LogP contribution in [0.5, 0.6) is 0 Å². The third-order valence-corrected chi connectivity index (χ3v) is 3.62. The number of rotatable bonds is 7. The average Bonchev–Trinajstić information content (AvgIpc) is 3.02. The second-order valence-electron chi connectivity index (χ2n) is 5.78. The van der Waals surface area contributed by atoms with E-state index in [2.05, 4.69) is 20.3 Å². The van der Waals surface area contributed by atoms with Gasteiger partial charge in [-0.1, -0.05) is 0 Å². The summed E-state index contributed by atoms with van der Waals surface area (Å²) >= 11 is 0. The van der Waals surface area contributed by atoms with Crippen LogP contribution in [-0.4, -0.2) is 45.8 Å². The Bertz CT molecular complexity index is 413. The van der Waals surface area contributed by atoms with Crippen molar-refractivity contribution in [2.45, 2.75) is 39.2 Å². The lowest BCUT2D eigenvalue weighted by Crippen LogP contribution is -2.47. The molecule has 0 amide bonds. The number of hydrogen-bond donors (Lipinski definition) is 3. The standard InChI is InChI=1S/C12H26N4O2S/c1-5-13-11(14-8-10-6-7-10)15-9-12(2,3)16-19(4,17)18/h10,16H,5-9H2,1-4H3,(H2,13,14,15). The molecule has 0 radical (unpaired) electrons. The van der Waals surface area contributed by atoms with Crippen molar-refractivity contribution in [1.82, 2.24) is 15.4 Å². The second kappa shape index (κ2) is 6.56. The van der Waals surface area contributed by atoms with Crippen molar-refractivity contribution in [1.29, 1.82) is 0 Å². The van der Waals surface area contributed by atoms with E-state index < -0.39 is 15.6 Å². The van der Waals surface area contributed by atoms with Crippen LogP contribution in [0, 0.1) is 5.92 Å². The minimum atomic E-state index is -3.22. The minimum Gasteiger partial charge on any atom is -0.357 e. The maximum Gasteiger partial charge on any atom is 0.209 e. The maximum absolute atomic E-state index is 11.2. The van der Waals surface area contributed by atoms with Crippen LogP contribution in [0.15, 0.2) is 4.99 Å². The molecule has 1 aliphatic carbocycles. The van der Waals surface area contributed by atoms with Crippen molar-refractivity contribution >= 4 is 16.0 Å². The molecule has 0 atom stereocenters. The van der Waals surface area contributed by atoms with Crippen molar-refractivity contribution in [3.8, 4) is 0 Å². The fourth-order valence-electron chi connectivity index (χ4n) is 1.72. The van der Waals surface area contributed by atoms with E-state index in [0.717, 1.165) is 31.2 Å². The topological polar surface area (TPSA) is 82.6 Å². The molecule has 1 fully saturated rings. The van der Waals surface area contributed by atoms with Gasteiger partial charge in [0.05, 0.1) is 12.8 Å². The zero-order valence-electron chi connectivity index (χ0n) is 12.3. The van der Waals surface area contributed by atoms with Crippen molar-refractivity contribution in [3.05, 3.63) is 0 Å². The van der Waals surface area contributed by atoms with Gasteiger partial charge in [0.2, 0.25) is 10.0 Å². The fraction of sp³-hybridized carbons (Fsp3) is 0.917. The van der Waals surface area contributed by atoms with Crippen LogP contribution in [0.25, 0.3) is 0 Å². The molecule has 19 heavy (non-hydrogen) atoms. The Labute approximate surface area is 116 Å². The van der Waals surface area contributed by atoms with Crippen LogP contribution in [0.3, 0.4) is 0 Å². The van der Waals surface area contributed by atoms with Crippen LogP contribution >= 0.6 is 0 Å². The average molecular weight is 290 g/mol. The summed E-state index contributed by atoms with van der Waals surface area (Å²) in [5, 5.41) is 6.44. The summed E-state index contributed by atoms with van der Waals surface area (Å²) in [4.78, 5) is 4.44. The van der Waals surface area contributed by atoms with Crippen molar-refractivity contribution in [2.24, 2.45) is 10.9 Å². The molecule has 0 saturated heterocycles. The van der Waals surface area contributed by atoms with Gasteiger partial charge in [0.1, 0.15) is 0 Å². The van der Waals surface area contributed by atoms with Gasteiger partial charge in [-0.2, -0.15) is 0 Å². The zero-order chi connectivity index (χ0) is 14.5. The third kappa shape index (κ3) is 8.05.